The SMILES string of the molecule is N#CC1(Cl)C=CC2=C(CCCC2)N1. The predicted octanol–water partition coefficient (Wildman–Crippen LogP) is 2.43. The number of dihydropyridines is 1. The van der Waals surface area contributed by atoms with Crippen LogP contribution in [0.3, 0.4) is 0 Å². The zero-order valence-electron chi connectivity index (χ0n) is 7.31. The summed E-state index contributed by atoms with van der Waals surface area (Å²) in [6.07, 6.45) is 8.29. The van der Waals surface area contributed by atoms with Gasteiger partial charge in [0.05, 0.1) is 0 Å². The monoisotopic (exact) mass is 194 g/mol. The van der Waals surface area contributed by atoms with Gasteiger partial charge in [-0.15, -0.1) is 0 Å². The van der Waals surface area contributed by atoms with Gasteiger partial charge in [0.25, 0.3) is 0 Å². The highest BCUT2D eigenvalue weighted by Gasteiger charge is 2.29. The van der Waals surface area contributed by atoms with E-state index in [9.17, 15) is 0 Å². The topological polar surface area (TPSA) is 35.8 Å². The molecule has 2 nitrogen and oxygen atoms in total. The molecule has 1 aliphatic carbocycles. The van der Waals surface area contributed by atoms with Crippen molar-refractivity contribution in [2.24, 2.45) is 0 Å². The van der Waals surface area contributed by atoms with Crippen LogP contribution in [-0.2, 0) is 0 Å². The Balaban J connectivity index is 2.26. The fourth-order valence-electron chi connectivity index (χ4n) is 1.80. The maximum absolute atomic E-state index is 8.82. The lowest BCUT2D eigenvalue weighted by Crippen LogP contribution is -2.39. The molecule has 0 amide bonds. The molecule has 0 bridgehead atoms. The van der Waals surface area contributed by atoms with Gasteiger partial charge in [-0.05, 0) is 37.3 Å². The quantitative estimate of drug-likeness (QED) is 0.475. The predicted molar refractivity (Wildman–Crippen MR) is 52.0 cm³/mol. The molecule has 1 atom stereocenters. The van der Waals surface area contributed by atoms with E-state index in [2.05, 4.69) is 5.32 Å². The van der Waals surface area contributed by atoms with Gasteiger partial charge in [0, 0.05) is 5.70 Å². The number of hydrogen-bond donors (Lipinski definition) is 1. The molecule has 1 heterocycles. The molecule has 1 N–H and O–H groups in total. The first-order valence-corrected chi connectivity index (χ1v) is 4.91. The fourth-order valence-corrected chi connectivity index (χ4v) is 1.97. The van der Waals surface area contributed by atoms with E-state index in [1.807, 2.05) is 12.1 Å². The standard InChI is InChI=1S/C10H11ClN2/c11-10(7-12)6-5-8-3-1-2-4-9(8)13-10/h5-6,13H,1-4H2. The average Bonchev–Trinajstić information content (AvgIpc) is 2.18. The Morgan fingerprint density at radius 3 is 3.00 bits per heavy atom. The molecule has 0 aromatic heterocycles. The maximum Gasteiger partial charge on any atom is 0.219 e. The van der Waals surface area contributed by atoms with Gasteiger partial charge >= 0.3 is 0 Å². The van der Waals surface area contributed by atoms with Crippen molar-refractivity contribution in [1.29, 1.82) is 5.26 Å². The van der Waals surface area contributed by atoms with Gasteiger partial charge in [-0.1, -0.05) is 17.7 Å². The van der Waals surface area contributed by atoms with Gasteiger partial charge in [0.2, 0.25) is 5.00 Å². The Labute approximate surface area is 82.9 Å². The van der Waals surface area contributed by atoms with E-state index in [1.165, 1.54) is 18.4 Å². The van der Waals surface area contributed by atoms with Crippen LogP contribution in [0.25, 0.3) is 0 Å². The molecule has 68 valence electrons. The molecule has 0 spiro atoms. The van der Waals surface area contributed by atoms with Crippen molar-refractivity contribution in [1.82, 2.24) is 5.32 Å². The number of nitriles is 1. The van der Waals surface area contributed by atoms with E-state index in [0.717, 1.165) is 18.5 Å². The lowest BCUT2D eigenvalue weighted by molar-refractivity contribution is 0.590. The highest BCUT2D eigenvalue weighted by Crippen LogP contribution is 2.31. The third-order valence-corrected chi connectivity index (χ3v) is 2.83. The fraction of sp³-hybridized carbons (Fsp3) is 0.500. The van der Waals surface area contributed by atoms with Gasteiger partial charge in [0.1, 0.15) is 6.07 Å². The minimum absolute atomic E-state index is 1.00. The van der Waals surface area contributed by atoms with E-state index < -0.39 is 5.00 Å². The van der Waals surface area contributed by atoms with Crippen LogP contribution in [0.15, 0.2) is 23.4 Å². The van der Waals surface area contributed by atoms with Crippen molar-refractivity contribution < 1.29 is 0 Å². The second-order valence-corrected chi connectivity index (χ2v) is 4.09. The summed E-state index contributed by atoms with van der Waals surface area (Å²) in [6, 6.07) is 2.05. The van der Waals surface area contributed by atoms with Crippen LogP contribution in [-0.4, -0.2) is 5.00 Å². The summed E-state index contributed by atoms with van der Waals surface area (Å²) in [5.74, 6) is 0. The van der Waals surface area contributed by atoms with E-state index in [-0.39, 0.29) is 0 Å². The summed E-state index contributed by atoms with van der Waals surface area (Å²) in [5, 5.41) is 11.9. The Hall–Kier alpha value is -0.940. The minimum atomic E-state index is -1.00. The molecule has 0 fully saturated rings. The first kappa shape index (κ1) is 8.65. The first-order chi connectivity index (χ1) is 6.23. The molecule has 0 aromatic rings. The van der Waals surface area contributed by atoms with Crippen molar-refractivity contribution in [3.63, 3.8) is 0 Å². The lowest BCUT2D eigenvalue weighted by atomic mass is 9.93. The first-order valence-electron chi connectivity index (χ1n) is 4.53. The van der Waals surface area contributed by atoms with Crippen LogP contribution in [0.1, 0.15) is 25.7 Å². The van der Waals surface area contributed by atoms with E-state index in [0.29, 0.717) is 0 Å². The van der Waals surface area contributed by atoms with Crippen LogP contribution in [0.4, 0.5) is 0 Å². The van der Waals surface area contributed by atoms with Gasteiger partial charge in [-0.25, -0.2) is 0 Å². The molecule has 1 aliphatic heterocycles. The van der Waals surface area contributed by atoms with E-state index in [4.69, 9.17) is 16.9 Å². The Morgan fingerprint density at radius 1 is 1.46 bits per heavy atom. The van der Waals surface area contributed by atoms with Crippen molar-refractivity contribution >= 4 is 11.6 Å². The smallest absolute Gasteiger partial charge is 0.219 e. The second kappa shape index (κ2) is 3.08. The van der Waals surface area contributed by atoms with Gasteiger partial charge in [-0.3, -0.25) is 0 Å². The number of nitrogens with one attached hydrogen (secondary N) is 1. The molecule has 0 saturated heterocycles. The van der Waals surface area contributed by atoms with Crippen molar-refractivity contribution in [3.8, 4) is 6.07 Å². The minimum Gasteiger partial charge on any atom is -0.355 e. The molecule has 0 radical (unpaired) electrons. The number of nitrogens with zero attached hydrogens (tertiary/aromatic N) is 1. The van der Waals surface area contributed by atoms with Crippen molar-refractivity contribution in [2.75, 3.05) is 0 Å². The van der Waals surface area contributed by atoms with Gasteiger partial charge < -0.3 is 5.32 Å². The molecule has 2 rings (SSSR count). The summed E-state index contributed by atoms with van der Waals surface area (Å²) in [7, 11) is 0. The second-order valence-electron chi connectivity index (χ2n) is 3.49. The van der Waals surface area contributed by atoms with Crippen LogP contribution < -0.4 is 5.32 Å². The maximum atomic E-state index is 8.82. The third kappa shape index (κ3) is 1.57. The number of rotatable bonds is 0. The molecule has 3 heteroatoms. The van der Waals surface area contributed by atoms with Crippen LogP contribution in [0.2, 0.25) is 0 Å². The zero-order chi connectivity index (χ0) is 9.31. The number of halogens is 1. The molecular formula is C10H11ClN2. The summed E-state index contributed by atoms with van der Waals surface area (Å²) >= 11 is 5.99. The van der Waals surface area contributed by atoms with Crippen LogP contribution in [0, 0.1) is 11.3 Å². The molecule has 0 aromatic carbocycles. The van der Waals surface area contributed by atoms with Gasteiger partial charge in [-0.2, -0.15) is 5.26 Å². The molecule has 2 aliphatic rings. The number of hydrogen-bond acceptors (Lipinski definition) is 2. The highest BCUT2D eigenvalue weighted by molar-refractivity contribution is 6.27. The Bertz CT molecular complexity index is 324. The average molecular weight is 195 g/mol. The van der Waals surface area contributed by atoms with Crippen LogP contribution in [0.5, 0.6) is 0 Å². The Kier molecular flexibility index (Phi) is 2.05. The summed E-state index contributed by atoms with van der Waals surface area (Å²) in [4.78, 5) is -1.00. The summed E-state index contributed by atoms with van der Waals surface area (Å²) in [5.41, 5.74) is 2.48. The van der Waals surface area contributed by atoms with E-state index in [1.54, 1.807) is 6.08 Å². The molecule has 1 unspecified atom stereocenters. The van der Waals surface area contributed by atoms with Gasteiger partial charge in [0.15, 0.2) is 0 Å². The zero-order valence-corrected chi connectivity index (χ0v) is 8.06. The van der Waals surface area contributed by atoms with Crippen molar-refractivity contribution in [2.45, 2.75) is 30.7 Å². The molecular weight excluding hydrogens is 184 g/mol. The molecule has 0 saturated carbocycles. The normalized spacial score (nSPS) is 32.0. The lowest BCUT2D eigenvalue weighted by Gasteiger charge is -2.29. The molecule has 13 heavy (non-hydrogen) atoms. The Morgan fingerprint density at radius 2 is 2.23 bits per heavy atom. The van der Waals surface area contributed by atoms with Crippen molar-refractivity contribution in [3.05, 3.63) is 23.4 Å². The summed E-state index contributed by atoms with van der Waals surface area (Å²) < 4.78 is 0. The largest absolute Gasteiger partial charge is 0.355 e. The van der Waals surface area contributed by atoms with Crippen LogP contribution >= 0.6 is 11.6 Å². The third-order valence-electron chi connectivity index (χ3n) is 2.52. The highest BCUT2D eigenvalue weighted by atomic mass is 35.5. The summed E-state index contributed by atoms with van der Waals surface area (Å²) in [6.45, 7) is 0. The van der Waals surface area contributed by atoms with E-state index >= 15 is 0 Å². The number of alkyl halides is 1. The number of allylic oxidation sites excluding steroid dienone is 3.